The molecule has 0 aliphatic carbocycles. The standard InChI is InChI=1S/C8H11N5O/c9-12-10-5-7-1-3-13(11-7)8-2-4-14-6-8/h1,3,8H,2,4-6H2. The fourth-order valence-corrected chi connectivity index (χ4v) is 1.50. The first-order valence-electron chi connectivity index (χ1n) is 4.53. The van der Waals surface area contributed by atoms with E-state index < -0.39 is 0 Å². The van der Waals surface area contributed by atoms with Crippen molar-refractivity contribution in [3.63, 3.8) is 0 Å². The molecular weight excluding hydrogens is 182 g/mol. The minimum absolute atomic E-state index is 0.317. The molecule has 0 N–H and O–H groups in total. The van der Waals surface area contributed by atoms with E-state index in [9.17, 15) is 0 Å². The molecule has 1 fully saturated rings. The number of azide groups is 1. The summed E-state index contributed by atoms with van der Waals surface area (Å²) in [5.41, 5.74) is 8.95. The fourth-order valence-electron chi connectivity index (χ4n) is 1.50. The molecule has 0 aromatic carbocycles. The number of rotatable bonds is 3. The maximum Gasteiger partial charge on any atom is 0.0774 e. The molecule has 1 aliphatic rings. The van der Waals surface area contributed by atoms with E-state index in [2.05, 4.69) is 15.1 Å². The van der Waals surface area contributed by atoms with Gasteiger partial charge >= 0.3 is 0 Å². The summed E-state index contributed by atoms with van der Waals surface area (Å²) in [6, 6.07) is 2.21. The van der Waals surface area contributed by atoms with Gasteiger partial charge in [-0.1, -0.05) is 5.11 Å². The van der Waals surface area contributed by atoms with E-state index in [1.165, 1.54) is 0 Å². The Balaban J connectivity index is 2.04. The van der Waals surface area contributed by atoms with Gasteiger partial charge in [0.05, 0.1) is 24.9 Å². The van der Waals surface area contributed by atoms with E-state index in [-0.39, 0.29) is 0 Å². The average Bonchev–Trinajstić information content (AvgIpc) is 2.85. The first-order chi connectivity index (χ1) is 6.90. The molecule has 0 saturated carbocycles. The molecule has 0 bridgehead atoms. The van der Waals surface area contributed by atoms with Gasteiger partial charge in [-0.05, 0) is 18.0 Å². The minimum Gasteiger partial charge on any atom is -0.379 e. The Morgan fingerprint density at radius 1 is 1.79 bits per heavy atom. The van der Waals surface area contributed by atoms with Crippen molar-refractivity contribution < 1.29 is 4.74 Å². The Morgan fingerprint density at radius 2 is 2.71 bits per heavy atom. The molecular formula is C8H11N5O. The van der Waals surface area contributed by atoms with Gasteiger partial charge in [-0.25, -0.2) is 0 Å². The molecule has 0 radical (unpaired) electrons. The fraction of sp³-hybridized carbons (Fsp3) is 0.625. The van der Waals surface area contributed by atoms with Crippen molar-refractivity contribution in [1.29, 1.82) is 0 Å². The van der Waals surface area contributed by atoms with E-state index in [1.807, 2.05) is 16.9 Å². The number of aromatic nitrogens is 2. The van der Waals surface area contributed by atoms with E-state index in [1.54, 1.807) is 0 Å². The summed E-state index contributed by atoms with van der Waals surface area (Å²) in [6.07, 6.45) is 2.91. The monoisotopic (exact) mass is 193 g/mol. The van der Waals surface area contributed by atoms with Crippen molar-refractivity contribution in [2.24, 2.45) is 5.11 Å². The van der Waals surface area contributed by atoms with Crippen molar-refractivity contribution in [3.05, 3.63) is 28.4 Å². The summed E-state index contributed by atoms with van der Waals surface area (Å²) in [5, 5.41) is 7.76. The van der Waals surface area contributed by atoms with Crippen LogP contribution in [-0.4, -0.2) is 23.0 Å². The highest BCUT2D eigenvalue weighted by Gasteiger charge is 2.17. The van der Waals surface area contributed by atoms with Gasteiger partial charge in [-0.3, -0.25) is 4.68 Å². The molecule has 1 saturated heterocycles. The molecule has 14 heavy (non-hydrogen) atoms. The lowest BCUT2D eigenvalue weighted by Crippen LogP contribution is -2.09. The molecule has 1 unspecified atom stereocenters. The average molecular weight is 193 g/mol. The number of hydrogen-bond donors (Lipinski definition) is 0. The van der Waals surface area contributed by atoms with Crippen molar-refractivity contribution in [2.45, 2.75) is 19.0 Å². The van der Waals surface area contributed by atoms with Gasteiger partial charge in [0, 0.05) is 17.7 Å². The van der Waals surface area contributed by atoms with Crippen LogP contribution in [0.3, 0.4) is 0 Å². The van der Waals surface area contributed by atoms with Crippen LogP contribution in [0, 0.1) is 0 Å². The van der Waals surface area contributed by atoms with E-state index >= 15 is 0 Å². The van der Waals surface area contributed by atoms with Crippen LogP contribution in [0.15, 0.2) is 17.4 Å². The number of nitrogens with zero attached hydrogens (tertiary/aromatic N) is 5. The minimum atomic E-state index is 0.317. The lowest BCUT2D eigenvalue weighted by atomic mass is 10.3. The molecule has 6 nitrogen and oxygen atoms in total. The van der Waals surface area contributed by atoms with E-state index in [0.717, 1.165) is 25.3 Å². The van der Waals surface area contributed by atoms with Gasteiger partial charge in [0.15, 0.2) is 0 Å². The predicted octanol–water partition coefficient (Wildman–Crippen LogP) is 1.65. The van der Waals surface area contributed by atoms with Gasteiger partial charge in [0.1, 0.15) is 0 Å². The normalized spacial score (nSPS) is 20.7. The topological polar surface area (TPSA) is 75.8 Å². The smallest absolute Gasteiger partial charge is 0.0774 e. The Labute approximate surface area is 81.1 Å². The SMILES string of the molecule is [N-]=[N+]=NCc1ccn(C2CCOC2)n1. The highest BCUT2D eigenvalue weighted by atomic mass is 16.5. The maximum atomic E-state index is 8.15. The van der Waals surface area contributed by atoms with Crippen LogP contribution in [0.5, 0.6) is 0 Å². The van der Waals surface area contributed by atoms with Crippen molar-refractivity contribution >= 4 is 0 Å². The summed E-state index contributed by atoms with van der Waals surface area (Å²) in [6.45, 7) is 1.84. The highest BCUT2D eigenvalue weighted by molar-refractivity contribution is 4.99. The summed E-state index contributed by atoms with van der Waals surface area (Å²) < 4.78 is 7.14. The lowest BCUT2D eigenvalue weighted by molar-refractivity contribution is 0.184. The Kier molecular flexibility index (Phi) is 2.67. The lowest BCUT2D eigenvalue weighted by Gasteiger charge is -2.06. The quantitative estimate of drug-likeness (QED) is 0.415. The van der Waals surface area contributed by atoms with Crippen LogP contribution in [-0.2, 0) is 11.3 Å². The second-order valence-electron chi connectivity index (χ2n) is 3.19. The Bertz CT molecular complexity index is 348. The molecule has 0 amide bonds. The molecule has 2 rings (SSSR count). The third-order valence-electron chi connectivity index (χ3n) is 2.24. The third kappa shape index (κ3) is 1.86. The van der Waals surface area contributed by atoms with Crippen LogP contribution in [0.25, 0.3) is 10.4 Å². The molecule has 1 atom stereocenters. The molecule has 74 valence electrons. The van der Waals surface area contributed by atoms with Gasteiger partial charge in [0.25, 0.3) is 0 Å². The zero-order valence-electron chi connectivity index (χ0n) is 7.70. The number of hydrogen-bond acceptors (Lipinski definition) is 3. The zero-order valence-corrected chi connectivity index (χ0v) is 7.70. The molecule has 1 aliphatic heterocycles. The largest absolute Gasteiger partial charge is 0.379 e. The van der Waals surface area contributed by atoms with Gasteiger partial charge in [-0.15, -0.1) is 0 Å². The van der Waals surface area contributed by atoms with Gasteiger partial charge < -0.3 is 4.74 Å². The van der Waals surface area contributed by atoms with Gasteiger partial charge in [0.2, 0.25) is 0 Å². The molecule has 1 aromatic rings. The van der Waals surface area contributed by atoms with Crippen LogP contribution in [0.4, 0.5) is 0 Å². The van der Waals surface area contributed by atoms with E-state index in [4.69, 9.17) is 10.3 Å². The second-order valence-corrected chi connectivity index (χ2v) is 3.19. The number of ether oxygens (including phenoxy) is 1. The first-order valence-corrected chi connectivity index (χ1v) is 4.53. The summed E-state index contributed by atoms with van der Waals surface area (Å²) in [5.74, 6) is 0. The Morgan fingerprint density at radius 3 is 3.43 bits per heavy atom. The molecule has 6 heteroatoms. The van der Waals surface area contributed by atoms with Gasteiger partial charge in [-0.2, -0.15) is 5.10 Å². The summed E-state index contributed by atoms with van der Waals surface area (Å²) in [4.78, 5) is 2.69. The molecule has 2 heterocycles. The van der Waals surface area contributed by atoms with Crippen molar-refractivity contribution in [1.82, 2.24) is 9.78 Å². The predicted molar refractivity (Wildman–Crippen MR) is 49.6 cm³/mol. The van der Waals surface area contributed by atoms with Crippen LogP contribution in [0.1, 0.15) is 18.2 Å². The molecule has 1 aromatic heterocycles. The second kappa shape index (κ2) is 4.13. The van der Waals surface area contributed by atoms with Crippen LogP contribution >= 0.6 is 0 Å². The summed E-state index contributed by atoms with van der Waals surface area (Å²) in [7, 11) is 0. The van der Waals surface area contributed by atoms with Crippen LogP contribution in [0.2, 0.25) is 0 Å². The van der Waals surface area contributed by atoms with Crippen molar-refractivity contribution in [2.75, 3.05) is 13.2 Å². The zero-order chi connectivity index (χ0) is 9.80. The van der Waals surface area contributed by atoms with Crippen molar-refractivity contribution in [3.8, 4) is 0 Å². The van der Waals surface area contributed by atoms with Crippen LogP contribution < -0.4 is 0 Å². The Hall–Kier alpha value is -1.52. The molecule has 0 spiro atoms. The third-order valence-corrected chi connectivity index (χ3v) is 2.24. The summed E-state index contributed by atoms with van der Waals surface area (Å²) >= 11 is 0. The maximum absolute atomic E-state index is 8.15. The highest BCUT2D eigenvalue weighted by Crippen LogP contribution is 2.17. The first kappa shape index (κ1) is 9.05. The van der Waals surface area contributed by atoms with E-state index in [0.29, 0.717) is 12.6 Å².